The summed E-state index contributed by atoms with van der Waals surface area (Å²) in [6.45, 7) is 3.05. The molecule has 1 saturated heterocycles. The molecule has 0 spiro atoms. The highest BCUT2D eigenvalue weighted by atomic mass is 16.2. The molecule has 8 heteroatoms. The fourth-order valence-electron chi connectivity index (χ4n) is 3.65. The fraction of sp³-hybridized carbons (Fsp3) is 0.368. The van der Waals surface area contributed by atoms with Crippen LogP contribution in [0.3, 0.4) is 0 Å². The molecule has 3 aromatic heterocycles. The van der Waals surface area contributed by atoms with Crippen molar-refractivity contribution in [2.24, 2.45) is 7.05 Å². The molecule has 1 fully saturated rings. The highest BCUT2D eigenvalue weighted by molar-refractivity contribution is 5.93. The number of nitrogens with zero attached hydrogens (tertiary/aromatic N) is 4. The lowest BCUT2D eigenvalue weighted by Gasteiger charge is -2.31. The predicted molar refractivity (Wildman–Crippen MR) is 100 cm³/mol. The molecular weight excluding hydrogens is 344 g/mol. The molecule has 0 aliphatic carbocycles. The maximum Gasteiger partial charge on any atom is 0.271 e. The molecule has 1 aliphatic heterocycles. The smallest absolute Gasteiger partial charge is 0.271 e. The van der Waals surface area contributed by atoms with Gasteiger partial charge >= 0.3 is 0 Å². The number of aromatic nitrogens is 5. The molecule has 2 N–H and O–H groups in total. The van der Waals surface area contributed by atoms with E-state index in [-0.39, 0.29) is 17.4 Å². The standard InChI is InChI=1S/C19H22N6O2/c1-12-20-14(11-18(26)21-12)13-5-8-25(9-6-13)19(27)16-10-15(22-23-16)17-4-3-7-24(17)2/h3-4,7,10-11,13H,5-6,8-9H2,1-2H3,(H,22,23)(H,20,21,26). The first kappa shape index (κ1) is 17.3. The molecule has 8 nitrogen and oxygen atoms in total. The summed E-state index contributed by atoms with van der Waals surface area (Å²) in [6, 6.07) is 7.27. The number of nitrogens with one attached hydrogen (secondary N) is 2. The summed E-state index contributed by atoms with van der Waals surface area (Å²) in [4.78, 5) is 33.4. The molecule has 4 rings (SSSR count). The number of carbonyl (C=O) groups is 1. The normalized spacial score (nSPS) is 15.3. The van der Waals surface area contributed by atoms with Gasteiger partial charge in [0.25, 0.3) is 11.5 Å². The number of carbonyl (C=O) groups excluding carboxylic acids is 1. The molecular formula is C19H22N6O2. The molecule has 0 bridgehead atoms. The molecule has 1 amide bonds. The Hall–Kier alpha value is -3.16. The lowest BCUT2D eigenvalue weighted by molar-refractivity contribution is 0.0706. The summed E-state index contributed by atoms with van der Waals surface area (Å²) in [7, 11) is 1.95. The van der Waals surface area contributed by atoms with Crippen molar-refractivity contribution in [3.8, 4) is 11.4 Å². The third-order valence-corrected chi connectivity index (χ3v) is 5.09. The van der Waals surface area contributed by atoms with Crippen LogP contribution in [-0.2, 0) is 7.05 Å². The van der Waals surface area contributed by atoms with Crippen molar-refractivity contribution in [3.63, 3.8) is 0 Å². The van der Waals surface area contributed by atoms with Crippen LogP contribution < -0.4 is 5.56 Å². The van der Waals surface area contributed by atoms with Gasteiger partial charge < -0.3 is 14.5 Å². The maximum absolute atomic E-state index is 12.8. The van der Waals surface area contributed by atoms with Crippen LogP contribution in [0.1, 0.15) is 40.8 Å². The summed E-state index contributed by atoms with van der Waals surface area (Å²) < 4.78 is 1.96. The fourth-order valence-corrected chi connectivity index (χ4v) is 3.65. The van der Waals surface area contributed by atoms with Gasteiger partial charge in [-0.25, -0.2) is 4.98 Å². The Morgan fingerprint density at radius 1 is 1.26 bits per heavy atom. The Labute approximate surface area is 156 Å². The van der Waals surface area contributed by atoms with E-state index >= 15 is 0 Å². The van der Waals surface area contributed by atoms with Crippen LogP contribution in [0.25, 0.3) is 11.4 Å². The summed E-state index contributed by atoms with van der Waals surface area (Å²) in [5.41, 5.74) is 2.90. The summed E-state index contributed by atoms with van der Waals surface area (Å²) >= 11 is 0. The van der Waals surface area contributed by atoms with Gasteiger partial charge in [0.2, 0.25) is 0 Å². The van der Waals surface area contributed by atoms with Gasteiger partial charge in [0, 0.05) is 38.3 Å². The largest absolute Gasteiger partial charge is 0.349 e. The van der Waals surface area contributed by atoms with Crippen LogP contribution in [-0.4, -0.2) is 48.6 Å². The SMILES string of the molecule is Cc1nc(C2CCN(C(=O)c3cc(-c4cccn4C)n[nH]3)CC2)cc(=O)[nH]1. The first-order valence-electron chi connectivity index (χ1n) is 9.05. The number of aryl methyl sites for hydroxylation is 2. The van der Waals surface area contributed by atoms with Crippen molar-refractivity contribution >= 4 is 5.91 Å². The van der Waals surface area contributed by atoms with Crippen molar-refractivity contribution in [3.05, 3.63) is 58.0 Å². The quantitative estimate of drug-likeness (QED) is 0.738. The van der Waals surface area contributed by atoms with E-state index in [1.807, 2.05) is 34.8 Å². The van der Waals surface area contributed by atoms with E-state index in [0.29, 0.717) is 24.6 Å². The van der Waals surface area contributed by atoms with Gasteiger partial charge in [0.1, 0.15) is 17.2 Å². The zero-order valence-corrected chi connectivity index (χ0v) is 15.4. The topological polar surface area (TPSA) is 99.7 Å². The average molecular weight is 366 g/mol. The van der Waals surface area contributed by atoms with Gasteiger partial charge in [-0.1, -0.05) is 0 Å². The molecule has 1 aliphatic rings. The summed E-state index contributed by atoms with van der Waals surface area (Å²) in [5.74, 6) is 0.786. The second kappa shape index (κ2) is 6.86. The predicted octanol–water partition coefficient (Wildman–Crippen LogP) is 1.83. The van der Waals surface area contributed by atoms with E-state index in [0.717, 1.165) is 29.9 Å². The number of hydrogen-bond acceptors (Lipinski definition) is 4. The van der Waals surface area contributed by atoms with Crippen molar-refractivity contribution in [2.75, 3.05) is 13.1 Å². The van der Waals surface area contributed by atoms with Gasteiger partial charge in [-0.05, 0) is 38.0 Å². The molecule has 0 saturated carbocycles. The molecule has 4 heterocycles. The Morgan fingerprint density at radius 3 is 2.70 bits per heavy atom. The van der Waals surface area contributed by atoms with E-state index in [1.54, 1.807) is 19.1 Å². The van der Waals surface area contributed by atoms with E-state index in [1.165, 1.54) is 0 Å². The average Bonchev–Trinajstić information content (AvgIpc) is 3.29. The van der Waals surface area contributed by atoms with E-state index in [4.69, 9.17) is 0 Å². The third-order valence-electron chi connectivity index (χ3n) is 5.09. The van der Waals surface area contributed by atoms with E-state index < -0.39 is 0 Å². The van der Waals surface area contributed by atoms with E-state index in [2.05, 4.69) is 20.2 Å². The van der Waals surface area contributed by atoms with Crippen LogP contribution in [0.15, 0.2) is 35.3 Å². The van der Waals surface area contributed by atoms with Gasteiger partial charge in [0.15, 0.2) is 0 Å². The minimum atomic E-state index is -0.123. The summed E-state index contributed by atoms with van der Waals surface area (Å²) in [5, 5.41) is 7.14. The Bertz CT molecular complexity index is 1020. The molecule has 0 aromatic carbocycles. The van der Waals surface area contributed by atoms with Crippen LogP contribution in [0.5, 0.6) is 0 Å². The molecule has 0 unspecified atom stereocenters. The van der Waals surface area contributed by atoms with Gasteiger partial charge in [0.05, 0.1) is 11.4 Å². The molecule has 3 aromatic rings. The number of piperidine rings is 1. The monoisotopic (exact) mass is 366 g/mol. The minimum Gasteiger partial charge on any atom is -0.349 e. The van der Waals surface area contributed by atoms with Crippen LogP contribution in [0.4, 0.5) is 0 Å². The summed E-state index contributed by atoms with van der Waals surface area (Å²) in [6.07, 6.45) is 3.53. The lowest BCUT2D eigenvalue weighted by Crippen LogP contribution is -2.38. The van der Waals surface area contributed by atoms with Gasteiger partial charge in [-0.2, -0.15) is 5.10 Å². The number of amides is 1. The molecule has 0 radical (unpaired) electrons. The number of likely N-dealkylation sites (tertiary alicyclic amines) is 1. The van der Waals surface area contributed by atoms with Crippen molar-refractivity contribution in [1.82, 2.24) is 29.6 Å². The van der Waals surface area contributed by atoms with Crippen LogP contribution in [0, 0.1) is 6.92 Å². The van der Waals surface area contributed by atoms with Crippen LogP contribution in [0.2, 0.25) is 0 Å². The zero-order valence-electron chi connectivity index (χ0n) is 15.4. The minimum absolute atomic E-state index is 0.0449. The Kier molecular flexibility index (Phi) is 4.39. The third kappa shape index (κ3) is 3.42. The maximum atomic E-state index is 12.8. The number of aromatic amines is 2. The van der Waals surface area contributed by atoms with E-state index in [9.17, 15) is 9.59 Å². The number of rotatable bonds is 3. The van der Waals surface area contributed by atoms with Crippen molar-refractivity contribution in [2.45, 2.75) is 25.7 Å². The molecule has 0 atom stereocenters. The Morgan fingerprint density at radius 2 is 2.04 bits per heavy atom. The van der Waals surface area contributed by atoms with Crippen molar-refractivity contribution < 1.29 is 4.79 Å². The number of hydrogen-bond donors (Lipinski definition) is 2. The second-order valence-corrected chi connectivity index (χ2v) is 6.99. The second-order valence-electron chi connectivity index (χ2n) is 6.99. The van der Waals surface area contributed by atoms with Crippen molar-refractivity contribution in [1.29, 1.82) is 0 Å². The highest BCUT2D eigenvalue weighted by Crippen LogP contribution is 2.27. The van der Waals surface area contributed by atoms with Crippen LogP contribution >= 0.6 is 0 Å². The molecule has 27 heavy (non-hydrogen) atoms. The van der Waals surface area contributed by atoms with Gasteiger partial charge in [-0.3, -0.25) is 14.7 Å². The highest BCUT2D eigenvalue weighted by Gasteiger charge is 2.27. The zero-order chi connectivity index (χ0) is 19.0. The Balaban J connectivity index is 1.44. The number of H-pyrrole nitrogens is 2. The molecule has 140 valence electrons. The lowest BCUT2D eigenvalue weighted by atomic mass is 9.93. The first-order chi connectivity index (χ1) is 13.0. The van der Waals surface area contributed by atoms with Gasteiger partial charge in [-0.15, -0.1) is 0 Å². The first-order valence-corrected chi connectivity index (χ1v) is 9.05.